The number of hydrogen-bond acceptors (Lipinski definition) is 6. The normalized spacial score (nSPS) is 10.3. The fourth-order valence-corrected chi connectivity index (χ4v) is 2.67. The average molecular weight is 323 g/mol. The molecule has 5 nitrogen and oxygen atoms in total. The molecule has 2 heterocycles. The van der Waals surface area contributed by atoms with Crippen molar-refractivity contribution in [3.8, 4) is 0 Å². The minimum absolute atomic E-state index is 0.697. The predicted molar refractivity (Wildman–Crippen MR) is 95.8 cm³/mol. The van der Waals surface area contributed by atoms with E-state index >= 15 is 0 Å². The third-order valence-corrected chi connectivity index (χ3v) is 4.00. The lowest BCUT2D eigenvalue weighted by Gasteiger charge is -2.11. The number of thioether (sulfide) groups is 1. The van der Waals surface area contributed by atoms with Crippen LogP contribution < -0.4 is 10.6 Å². The number of anilines is 4. The molecule has 2 N–H and O–H groups in total. The maximum Gasteiger partial charge on any atom is 0.137 e. The van der Waals surface area contributed by atoms with Gasteiger partial charge in [-0.1, -0.05) is 12.1 Å². The Morgan fingerprint density at radius 3 is 2.39 bits per heavy atom. The summed E-state index contributed by atoms with van der Waals surface area (Å²) < 4.78 is 0. The first-order valence-electron chi connectivity index (χ1n) is 7.16. The topological polar surface area (TPSA) is 62.7 Å². The molecule has 0 saturated heterocycles. The van der Waals surface area contributed by atoms with Crippen molar-refractivity contribution >= 4 is 34.9 Å². The highest BCUT2D eigenvalue weighted by atomic mass is 32.2. The Balaban J connectivity index is 1.80. The number of hydrogen-bond donors (Lipinski definition) is 2. The molecule has 0 spiro atoms. The number of pyridine rings is 1. The third kappa shape index (κ3) is 3.98. The van der Waals surface area contributed by atoms with Crippen LogP contribution in [0.25, 0.3) is 0 Å². The van der Waals surface area contributed by atoms with E-state index in [4.69, 9.17) is 0 Å². The van der Waals surface area contributed by atoms with Gasteiger partial charge in [-0.25, -0.2) is 15.0 Å². The van der Waals surface area contributed by atoms with E-state index in [0.29, 0.717) is 5.82 Å². The smallest absolute Gasteiger partial charge is 0.137 e. The van der Waals surface area contributed by atoms with Crippen molar-refractivity contribution in [2.24, 2.45) is 0 Å². The van der Waals surface area contributed by atoms with Crippen LogP contribution in [0.2, 0.25) is 0 Å². The second-order valence-corrected chi connectivity index (χ2v) is 5.81. The summed E-state index contributed by atoms with van der Waals surface area (Å²) in [6, 6.07) is 13.9. The molecular formula is C17H17N5S. The lowest BCUT2D eigenvalue weighted by atomic mass is 10.3. The van der Waals surface area contributed by atoms with Crippen LogP contribution in [0.5, 0.6) is 0 Å². The van der Waals surface area contributed by atoms with Crippen molar-refractivity contribution in [3.05, 3.63) is 60.6 Å². The van der Waals surface area contributed by atoms with E-state index in [1.165, 1.54) is 11.2 Å². The lowest BCUT2D eigenvalue weighted by Crippen LogP contribution is -2.00. The van der Waals surface area contributed by atoms with E-state index in [9.17, 15) is 0 Å². The molecule has 0 amide bonds. The molecule has 0 aliphatic rings. The SMILES string of the molecule is CSc1ccccc1Nc1cc(Nc2cc(C)ccn2)ncn1. The molecule has 0 fully saturated rings. The fourth-order valence-electron chi connectivity index (χ4n) is 2.12. The molecule has 0 radical (unpaired) electrons. The van der Waals surface area contributed by atoms with E-state index < -0.39 is 0 Å². The lowest BCUT2D eigenvalue weighted by molar-refractivity contribution is 1.15. The molecule has 0 bridgehead atoms. The van der Waals surface area contributed by atoms with Crippen LogP contribution in [-0.2, 0) is 0 Å². The van der Waals surface area contributed by atoms with Gasteiger partial charge in [0.25, 0.3) is 0 Å². The van der Waals surface area contributed by atoms with E-state index in [1.54, 1.807) is 18.0 Å². The zero-order valence-electron chi connectivity index (χ0n) is 12.9. The maximum absolute atomic E-state index is 4.28. The van der Waals surface area contributed by atoms with Crippen molar-refractivity contribution in [2.75, 3.05) is 16.9 Å². The Morgan fingerprint density at radius 2 is 1.61 bits per heavy atom. The van der Waals surface area contributed by atoms with Gasteiger partial charge in [-0.2, -0.15) is 0 Å². The van der Waals surface area contributed by atoms with E-state index in [0.717, 1.165) is 22.9 Å². The average Bonchev–Trinajstić information content (AvgIpc) is 2.56. The van der Waals surface area contributed by atoms with Crippen LogP contribution in [0.3, 0.4) is 0 Å². The van der Waals surface area contributed by atoms with Crippen molar-refractivity contribution in [1.29, 1.82) is 0 Å². The Labute approximate surface area is 139 Å². The number of para-hydroxylation sites is 1. The van der Waals surface area contributed by atoms with Gasteiger partial charge >= 0.3 is 0 Å². The second kappa shape index (κ2) is 7.11. The van der Waals surface area contributed by atoms with Crippen molar-refractivity contribution in [1.82, 2.24) is 15.0 Å². The predicted octanol–water partition coefficient (Wildman–Crippen LogP) is 4.39. The van der Waals surface area contributed by atoms with Gasteiger partial charge in [0, 0.05) is 17.2 Å². The molecule has 116 valence electrons. The summed E-state index contributed by atoms with van der Waals surface area (Å²) in [5, 5.41) is 6.52. The number of rotatable bonds is 5. The Kier molecular flexibility index (Phi) is 4.73. The highest BCUT2D eigenvalue weighted by molar-refractivity contribution is 7.98. The first-order valence-corrected chi connectivity index (χ1v) is 8.39. The van der Waals surface area contributed by atoms with Crippen LogP contribution in [0.1, 0.15) is 5.56 Å². The summed E-state index contributed by atoms with van der Waals surface area (Å²) in [7, 11) is 0. The summed E-state index contributed by atoms with van der Waals surface area (Å²) >= 11 is 1.69. The van der Waals surface area contributed by atoms with E-state index in [2.05, 4.69) is 37.9 Å². The summed E-state index contributed by atoms with van der Waals surface area (Å²) in [5.41, 5.74) is 2.17. The number of aromatic nitrogens is 3. The minimum Gasteiger partial charge on any atom is -0.339 e. The first kappa shape index (κ1) is 15.3. The molecule has 23 heavy (non-hydrogen) atoms. The highest BCUT2D eigenvalue weighted by Crippen LogP contribution is 2.27. The van der Waals surface area contributed by atoms with Gasteiger partial charge in [0.05, 0.1) is 5.69 Å². The molecule has 3 aromatic rings. The number of benzene rings is 1. The van der Waals surface area contributed by atoms with Gasteiger partial charge in [-0.15, -0.1) is 11.8 Å². The van der Waals surface area contributed by atoms with Gasteiger partial charge in [0.2, 0.25) is 0 Å². The van der Waals surface area contributed by atoms with Crippen LogP contribution >= 0.6 is 11.8 Å². The van der Waals surface area contributed by atoms with Gasteiger partial charge in [-0.3, -0.25) is 0 Å². The number of nitrogens with zero attached hydrogens (tertiary/aromatic N) is 3. The molecule has 0 aliphatic carbocycles. The summed E-state index contributed by atoms with van der Waals surface area (Å²) in [5.74, 6) is 2.19. The van der Waals surface area contributed by atoms with Crippen molar-refractivity contribution in [3.63, 3.8) is 0 Å². The van der Waals surface area contributed by atoms with Crippen LogP contribution in [0, 0.1) is 6.92 Å². The molecule has 0 aliphatic heterocycles. The van der Waals surface area contributed by atoms with Crippen molar-refractivity contribution < 1.29 is 0 Å². The van der Waals surface area contributed by atoms with Gasteiger partial charge in [0.1, 0.15) is 23.8 Å². The highest BCUT2D eigenvalue weighted by Gasteiger charge is 2.04. The zero-order chi connectivity index (χ0) is 16.1. The second-order valence-electron chi connectivity index (χ2n) is 4.96. The summed E-state index contributed by atoms with van der Waals surface area (Å²) in [4.78, 5) is 14.0. The molecule has 0 saturated carbocycles. The van der Waals surface area contributed by atoms with Crippen molar-refractivity contribution in [2.45, 2.75) is 11.8 Å². The fraction of sp³-hybridized carbons (Fsp3) is 0.118. The molecule has 3 rings (SSSR count). The largest absolute Gasteiger partial charge is 0.339 e. The number of nitrogens with one attached hydrogen (secondary N) is 2. The molecule has 2 aromatic heterocycles. The van der Waals surface area contributed by atoms with Crippen LogP contribution in [-0.4, -0.2) is 21.2 Å². The number of aryl methyl sites for hydroxylation is 1. The van der Waals surface area contributed by atoms with Crippen LogP contribution in [0.15, 0.2) is 59.9 Å². The minimum atomic E-state index is 0.697. The quantitative estimate of drug-likeness (QED) is 0.679. The van der Waals surface area contributed by atoms with E-state index in [1.807, 2.05) is 43.3 Å². The summed E-state index contributed by atoms with van der Waals surface area (Å²) in [6.07, 6.45) is 5.35. The third-order valence-electron chi connectivity index (χ3n) is 3.21. The Bertz CT molecular complexity index is 806. The van der Waals surface area contributed by atoms with Crippen LogP contribution in [0.4, 0.5) is 23.1 Å². The molecule has 6 heteroatoms. The van der Waals surface area contributed by atoms with E-state index in [-0.39, 0.29) is 0 Å². The monoisotopic (exact) mass is 323 g/mol. The van der Waals surface area contributed by atoms with Gasteiger partial charge < -0.3 is 10.6 Å². The molecule has 1 aromatic carbocycles. The molecule has 0 unspecified atom stereocenters. The van der Waals surface area contributed by atoms with Gasteiger partial charge in [0.15, 0.2) is 0 Å². The maximum atomic E-state index is 4.28. The Hall–Kier alpha value is -2.60. The molecule has 0 atom stereocenters. The first-order chi connectivity index (χ1) is 11.2. The zero-order valence-corrected chi connectivity index (χ0v) is 13.8. The Morgan fingerprint density at radius 1 is 0.870 bits per heavy atom. The summed E-state index contributed by atoms with van der Waals surface area (Å²) in [6.45, 7) is 2.03. The standard InChI is InChI=1S/C17H17N5S/c1-12-7-8-18-15(9-12)22-17-10-16(19-11-20-17)21-13-5-3-4-6-14(13)23-2/h3-11H,1-2H3,(H2,18,19,20,21,22). The molecular weight excluding hydrogens is 306 g/mol. The van der Waals surface area contributed by atoms with Gasteiger partial charge in [-0.05, 0) is 43.0 Å².